The minimum Gasteiger partial charge on any atom is -0.459 e. The van der Waals surface area contributed by atoms with E-state index in [-0.39, 0.29) is 29.5 Å². The molecular weight excluding hydrogens is 378 g/mol. The van der Waals surface area contributed by atoms with Crippen molar-refractivity contribution in [2.24, 2.45) is 0 Å². The summed E-state index contributed by atoms with van der Waals surface area (Å²) in [5, 5.41) is 8.90. The van der Waals surface area contributed by atoms with Gasteiger partial charge >= 0.3 is 0 Å². The van der Waals surface area contributed by atoms with E-state index in [9.17, 15) is 14.4 Å². The standard InChI is InChI=1S/C20H17N3O4S/c24-18(21-12-7-8-12)13-4-1-2-5-14(13)22-20(26)16-9-10-17(28-16)23-19(25)15-6-3-11-27-15/h1-6,9-12H,7-8H2,(H,21,24)(H,22,26)(H,23,25). The molecule has 1 aliphatic rings. The Labute approximate surface area is 164 Å². The first-order valence-corrected chi connectivity index (χ1v) is 9.58. The Balaban J connectivity index is 1.44. The largest absolute Gasteiger partial charge is 0.459 e. The van der Waals surface area contributed by atoms with Gasteiger partial charge in [0.1, 0.15) is 0 Å². The van der Waals surface area contributed by atoms with Crippen molar-refractivity contribution in [1.82, 2.24) is 5.32 Å². The number of amides is 3. The van der Waals surface area contributed by atoms with Gasteiger partial charge in [-0.05, 0) is 49.2 Å². The minimum atomic E-state index is -0.388. The summed E-state index contributed by atoms with van der Waals surface area (Å²) >= 11 is 1.13. The smallest absolute Gasteiger partial charge is 0.291 e. The van der Waals surface area contributed by atoms with Crippen LogP contribution in [0.5, 0.6) is 0 Å². The van der Waals surface area contributed by atoms with Crippen molar-refractivity contribution in [2.75, 3.05) is 10.6 Å². The van der Waals surface area contributed by atoms with Gasteiger partial charge in [0, 0.05) is 6.04 Å². The number of rotatable bonds is 6. The molecule has 0 aliphatic heterocycles. The lowest BCUT2D eigenvalue weighted by Gasteiger charge is -2.10. The maximum Gasteiger partial charge on any atom is 0.291 e. The van der Waals surface area contributed by atoms with Gasteiger partial charge in [0.15, 0.2) is 5.76 Å². The fourth-order valence-electron chi connectivity index (χ4n) is 2.57. The van der Waals surface area contributed by atoms with E-state index in [0.29, 0.717) is 21.1 Å². The van der Waals surface area contributed by atoms with Crippen molar-refractivity contribution in [3.63, 3.8) is 0 Å². The lowest BCUT2D eigenvalue weighted by molar-refractivity contribution is 0.0950. The third kappa shape index (κ3) is 4.12. The predicted molar refractivity (Wildman–Crippen MR) is 106 cm³/mol. The molecule has 142 valence electrons. The fraction of sp³-hybridized carbons (Fsp3) is 0.150. The average molecular weight is 395 g/mol. The molecule has 1 aromatic carbocycles. The predicted octanol–water partition coefficient (Wildman–Crippen LogP) is 3.74. The van der Waals surface area contributed by atoms with Crippen molar-refractivity contribution < 1.29 is 18.8 Å². The number of nitrogens with one attached hydrogen (secondary N) is 3. The Morgan fingerprint density at radius 2 is 1.71 bits per heavy atom. The van der Waals surface area contributed by atoms with Gasteiger partial charge in [-0.2, -0.15) is 0 Å². The molecule has 0 unspecified atom stereocenters. The lowest BCUT2D eigenvalue weighted by atomic mass is 10.1. The molecule has 3 amide bonds. The van der Waals surface area contributed by atoms with Crippen LogP contribution in [0.4, 0.5) is 10.7 Å². The first-order chi connectivity index (χ1) is 13.6. The molecule has 0 radical (unpaired) electrons. The van der Waals surface area contributed by atoms with Gasteiger partial charge in [0.2, 0.25) is 0 Å². The van der Waals surface area contributed by atoms with E-state index in [2.05, 4.69) is 16.0 Å². The molecule has 2 aromatic heterocycles. The summed E-state index contributed by atoms with van der Waals surface area (Å²) in [5.74, 6) is -0.748. The quantitative estimate of drug-likeness (QED) is 0.592. The van der Waals surface area contributed by atoms with Crippen LogP contribution in [0.1, 0.15) is 43.4 Å². The van der Waals surface area contributed by atoms with E-state index in [1.807, 2.05) is 0 Å². The zero-order chi connectivity index (χ0) is 19.5. The maximum absolute atomic E-state index is 12.6. The van der Waals surface area contributed by atoms with Crippen LogP contribution in [0.2, 0.25) is 0 Å². The molecule has 2 heterocycles. The molecule has 4 rings (SSSR count). The van der Waals surface area contributed by atoms with Gasteiger partial charge in [-0.1, -0.05) is 12.1 Å². The second-order valence-corrected chi connectivity index (χ2v) is 7.43. The van der Waals surface area contributed by atoms with Crippen molar-refractivity contribution in [1.29, 1.82) is 0 Å². The Kier molecular flexibility index (Phi) is 4.94. The molecule has 7 nitrogen and oxygen atoms in total. The van der Waals surface area contributed by atoms with E-state index in [4.69, 9.17) is 4.42 Å². The monoisotopic (exact) mass is 395 g/mol. The van der Waals surface area contributed by atoms with Gasteiger partial charge in [0.05, 0.1) is 27.4 Å². The Bertz CT molecular complexity index is 1020. The van der Waals surface area contributed by atoms with Crippen LogP contribution in [0.3, 0.4) is 0 Å². The highest BCUT2D eigenvalue weighted by molar-refractivity contribution is 7.18. The fourth-order valence-corrected chi connectivity index (χ4v) is 3.37. The van der Waals surface area contributed by atoms with Crippen LogP contribution in [-0.2, 0) is 0 Å². The molecule has 3 N–H and O–H groups in total. The highest BCUT2D eigenvalue weighted by Gasteiger charge is 2.25. The molecule has 28 heavy (non-hydrogen) atoms. The number of hydrogen-bond donors (Lipinski definition) is 3. The zero-order valence-electron chi connectivity index (χ0n) is 14.7. The number of furan rings is 1. The number of hydrogen-bond acceptors (Lipinski definition) is 5. The number of carbonyl (C=O) groups excluding carboxylic acids is 3. The lowest BCUT2D eigenvalue weighted by Crippen LogP contribution is -2.26. The first-order valence-electron chi connectivity index (χ1n) is 8.76. The molecule has 0 bridgehead atoms. The van der Waals surface area contributed by atoms with E-state index in [1.54, 1.807) is 48.5 Å². The van der Waals surface area contributed by atoms with E-state index < -0.39 is 0 Å². The Hall–Kier alpha value is -3.39. The van der Waals surface area contributed by atoms with Crippen LogP contribution < -0.4 is 16.0 Å². The number of para-hydroxylation sites is 1. The number of thiophene rings is 1. The zero-order valence-corrected chi connectivity index (χ0v) is 15.5. The highest BCUT2D eigenvalue weighted by Crippen LogP contribution is 2.25. The maximum atomic E-state index is 12.6. The van der Waals surface area contributed by atoms with Gasteiger partial charge < -0.3 is 20.4 Å². The van der Waals surface area contributed by atoms with E-state index >= 15 is 0 Å². The minimum absolute atomic E-state index is 0.190. The molecule has 0 spiro atoms. The van der Waals surface area contributed by atoms with Crippen molar-refractivity contribution in [3.05, 3.63) is 71.0 Å². The van der Waals surface area contributed by atoms with Crippen LogP contribution >= 0.6 is 11.3 Å². The summed E-state index contributed by atoms with van der Waals surface area (Å²) < 4.78 is 5.04. The third-order valence-electron chi connectivity index (χ3n) is 4.14. The normalized spacial score (nSPS) is 13.0. The van der Waals surface area contributed by atoms with Crippen LogP contribution in [0.15, 0.2) is 59.2 Å². The summed E-state index contributed by atoms with van der Waals surface area (Å²) in [4.78, 5) is 37.4. The second kappa shape index (κ2) is 7.69. The molecule has 0 atom stereocenters. The molecule has 0 saturated heterocycles. The van der Waals surface area contributed by atoms with Crippen molar-refractivity contribution in [3.8, 4) is 0 Å². The first kappa shape index (κ1) is 18.0. The SMILES string of the molecule is O=C(Nc1ccc(C(=O)Nc2ccccc2C(=O)NC2CC2)s1)c1ccco1. The van der Waals surface area contributed by atoms with Gasteiger partial charge in [0.25, 0.3) is 17.7 Å². The second-order valence-electron chi connectivity index (χ2n) is 6.34. The molecule has 1 aliphatic carbocycles. The molecule has 1 saturated carbocycles. The van der Waals surface area contributed by atoms with Crippen LogP contribution in [0, 0.1) is 0 Å². The van der Waals surface area contributed by atoms with Crippen LogP contribution in [-0.4, -0.2) is 23.8 Å². The van der Waals surface area contributed by atoms with Crippen molar-refractivity contribution >= 4 is 39.7 Å². The summed E-state index contributed by atoms with van der Waals surface area (Å²) in [7, 11) is 0. The third-order valence-corrected chi connectivity index (χ3v) is 5.14. The summed E-state index contributed by atoms with van der Waals surface area (Å²) in [5.41, 5.74) is 0.867. The van der Waals surface area contributed by atoms with Gasteiger partial charge in [-0.15, -0.1) is 11.3 Å². The number of benzene rings is 1. The van der Waals surface area contributed by atoms with E-state index in [1.165, 1.54) is 6.26 Å². The summed E-state index contributed by atoms with van der Waals surface area (Å²) in [6, 6.07) is 13.5. The van der Waals surface area contributed by atoms with Crippen LogP contribution in [0.25, 0.3) is 0 Å². The summed E-state index contributed by atoms with van der Waals surface area (Å²) in [6.45, 7) is 0. The average Bonchev–Trinajstić information content (AvgIpc) is 3.15. The molecule has 1 fully saturated rings. The highest BCUT2D eigenvalue weighted by atomic mass is 32.1. The van der Waals surface area contributed by atoms with Crippen molar-refractivity contribution in [2.45, 2.75) is 18.9 Å². The molecule has 8 heteroatoms. The van der Waals surface area contributed by atoms with E-state index in [0.717, 1.165) is 24.2 Å². The Morgan fingerprint density at radius 3 is 2.46 bits per heavy atom. The van der Waals surface area contributed by atoms with Gasteiger partial charge in [-0.3, -0.25) is 14.4 Å². The van der Waals surface area contributed by atoms with Gasteiger partial charge in [-0.25, -0.2) is 0 Å². The summed E-state index contributed by atoms with van der Waals surface area (Å²) in [6.07, 6.45) is 3.39. The number of carbonyl (C=O) groups is 3. The number of anilines is 2. The Morgan fingerprint density at radius 1 is 0.893 bits per heavy atom. The molecular formula is C20H17N3O4S. The topological polar surface area (TPSA) is 100 Å². The molecule has 3 aromatic rings.